The fraction of sp³-hybridized carbons (Fsp3) is 1.00. The molecule has 2 N–H and O–H groups in total. The molecule has 0 aliphatic heterocycles. The van der Waals surface area contributed by atoms with Crippen molar-refractivity contribution in [3.8, 4) is 0 Å². The summed E-state index contributed by atoms with van der Waals surface area (Å²) in [4.78, 5) is 2.28. The Morgan fingerprint density at radius 2 is 2.23 bits per heavy atom. The summed E-state index contributed by atoms with van der Waals surface area (Å²) in [5.41, 5.74) is 5.69. The number of nitrogens with two attached hydrogens (primary N) is 1. The molecule has 0 saturated heterocycles. The molecule has 0 radical (unpaired) electrons. The quantitative estimate of drug-likeness (QED) is 0.633. The third-order valence-corrected chi connectivity index (χ3v) is 2.84. The Labute approximate surface area is 86.0 Å². The minimum atomic E-state index is 0.502. The van der Waals surface area contributed by atoms with Crippen LogP contribution in [-0.2, 0) is 4.74 Å². The number of rotatable bonds is 8. The van der Waals surface area contributed by atoms with E-state index >= 15 is 0 Å². The molecule has 0 spiro atoms. The van der Waals surface area contributed by atoms with E-state index in [1.165, 1.54) is 5.75 Å². The van der Waals surface area contributed by atoms with Crippen molar-refractivity contribution in [2.45, 2.75) is 12.5 Å². The molecule has 80 valence electrons. The lowest BCUT2D eigenvalue weighted by atomic mass is 10.2. The zero-order valence-corrected chi connectivity index (χ0v) is 9.77. The van der Waals surface area contributed by atoms with E-state index in [0.717, 1.165) is 26.1 Å². The van der Waals surface area contributed by atoms with E-state index in [1.54, 1.807) is 7.11 Å². The Bertz CT molecular complexity index is 114. The fourth-order valence-electron chi connectivity index (χ4n) is 1.19. The number of nitrogens with zero attached hydrogens (tertiary/aromatic N) is 1. The largest absolute Gasteiger partial charge is 0.383 e. The van der Waals surface area contributed by atoms with Gasteiger partial charge in [-0.1, -0.05) is 0 Å². The van der Waals surface area contributed by atoms with E-state index in [0.29, 0.717) is 6.04 Å². The first-order valence-corrected chi connectivity index (χ1v) is 6.03. The molecule has 3 nitrogen and oxygen atoms in total. The van der Waals surface area contributed by atoms with E-state index in [9.17, 15) is 0 Å². The first kappa shape index (κ1) is 13.2. The molecular formula is C9H22N2OS. The van der Waals surface area contributed by atoms with E-state index in [4.69, 9.17) is 10.5 Å². The van der Waals surface area contributed by atoms with Crippen molar-refractivity contribution in [2.75, 3.05) is 45.9 Å². The van der Waals surface area contributed by atoms with Crippen LogP contribution in [0.15, 0.2) is 0 Å². The summed E-state index contributed by atoms with van der Waals surface area (Å²) in [5.74, 6) is 1.18. The van der Waals surface area contributed by atoms with Crippen molar-refractivity contribution >= 4 is 11.8 Å². The average Bonchev–Trinajstić information content (AvgIpc) is 2.16. The maximum absolute atomic E-state index is 5.69. The van der Waals surface area contributed by atoms with Crippen molar-refractivity contribution in [3.63, 3.8) is 0 Å². The van der Waals surface area contributed by atoms with Crippen LogP contribution in [-0.4, -0.2) is 56.8 Å². The van der Waals surface area contributed by atoms with Crippen LogP contribution in [0.2, 0.25) is 0 Å². The maximum atomic E-state index is 5.69. The molecule has 0 aliphatic rings. The molecular weight excluding hydrogens is 184 g/mol. The Morgan fingerprint density at radius 1 is 1.54 bits per heavy atom. The number of likely N-dealkylation sites (N-methyl/N-ethyl adjacent to an activating group) is 1. The van der Waals surface area contributed by atoms with Crippen LogP contribution in [0.25, 0.3) is 0 Å². The highest BCUT2D eigenvalue weighted by molar-refractivity contribution is 7.98. The van der Waals surface area contributed by atoms with Gasteiger partial charge in [-0.25, -0.2) is 0 Å². The number of hydrogen-bond donors (Lipinski definition) is 1. The average molecular weight is 206 g/mol. The molecule has 1 atom stereocenters. The van der Waals surface area contributed by atoms with Gasteiger partial charge in [-0.3, -0.25) is 4.90 Å². The molecule has 0 aromatic carbocycles. The molecule has 0 heterocycles. The number of ether oxygens (including phenoxy) is 1. The van der Waals surface area contributed by atoms with Gasteiger partial charge < -0.3 is 10.5 Å². The lowest BCUT2D eigenvalue weighted by Crippen LogP contribution is -2.40. The summed E-state index contributed by atoms with van der Waals surface area (Å²) in [5, 5.41) is 0. The molecule has 13 heavy (non-hydrogen) atoms. The highest BCUT2D eigenvalue weighted by Crippen LogP contribution is 2.05. The van der Waals surface area contributed by atoms with Crippen molar-refractivity contribution < 1.29 is 4.74 Å². The predicted octanol–water partition coefficient (Wildman–Crippen LogP) is 0.645. The second-order valence-electron chi connectivity index (χ2n) is 3.14. The van der Waals surface area contributed by atoms with E-state index in [1.807, 2.05) is 11.8 Å². The minimum Gasteiger partial charge on any atom is -0.383 e. The van der Waals surface area contributed by atoms with Gasteiger partial charge in [0.25, 0.3) is 0 Å². The summed E-state index contributed by atoms with van der Waals surface area (Å²) in [6, 6.07) is 0.502. The van der Waals surface area contributed by atoms with Crippen LogP contribution in [0.1, 0.15) is 6.42 Å². The van der Waals surface area contributed by atoms with E-state index < -0.39 is 0 Å². The van der Waals surface area contributed by atoms with Crippen LogP contribution in [0.4, 0.5) is 0 Å². The molecule has 0 bridgehead atoms. The third-order valence-electron chi connectivity index (χ3n) is 2.20. The van der Waals surface area contributed by atoms with Gasteiger partial charge in [0, 0.05) is 26.2 Å². The molecule has 0 aliphatic carbocycles. The molecule has 0 amide bonds. The van der Waals surface area contributed by atoms with Gasteiger partial charge in [-0.15, -0.1) is 0 Å². The van der Waals surface area contributed by atoms with Gasteiger partial charge in [0.05, 0.1) is 6.61 Å². The first-order valence-electron chi connectivity index (χ1n) is 4.64. The van der Waals surface area contributed by atoms with Crippen molar-refractivity contribution in [2.24, 2.45) is 5.73 Å². The number of hydrogen-bond acceptors (Lipinski definition) is 4. The summed E-state index contributed by atoms with van der Waals surface area (Å²) in [6.07, 6.45) is 3.29. The van der Waals surface area contributed by atoms with Crippen LogP contribution in [0.5, 0.6) is 0 Å². The van der Waals surface area contributed by atoms with Crippen molar-refractivity contribution in [1.82, 2.24) is 4.90 Å². The molecule has 0 rings (SSSR count). The SMILES string of the molecule is COCCN(C)C(CN)CCSC. The Balaban J connectivity index is 3.63. The molecule has 0 fully saturated rings. The molecule has 0 aromatic heterocycles. The lowest BCUT2D eigenvalue weighted by Gasteiger charge is -2.26. The summed E-state index contributed by atoms with van der Waals surface area (Å²) >= 11 is 1.87. The Hall–Kier alpha value is 0.230. The Kier molecular flexibility index (Phi) is 8.97. The normalized spacial score (nSPS) is 13.6. The van der Waals surface area contributed by atoms with Crippen LogP contribution >= 0.6 is 11.8 Å². The summed E-state index contributed by atoms with van der Waals surface area (Å²) in [7, 11) is 3.84. The van der Waals surface area contributed by atoms with Crippen LogP contribution < -0.4 is 5.73 Å². The van der Waals surface area contributed by atoms with Gasteiger partial charge in [-0.05, 0) is 25.5 Å². The minimum absolute atomic E-state index is 0.502. The Morgan fingerprint density at radius 3 is 2.69 bits per heavy atom. The summed E-state index contributed by atoms with van der Waals surface area (Å²) < 4.78 is 5.02. The van der Waals surface area contributed by atoms with Gasteiger partial charge in [0.15, 0.2) is 0 Å². The van der Waals surface area contributed by atoms with E-state index in [2.05, 4.69) is 18.2 Å². The lowest BCUT2D eigenvalue weighted by molar-refractivity contribution is 0.139. The van der Waals surface area contributed by atoms with Gasteiger partial charge in [0.2, 0.25) is 0 Å². The monoisotopic (exact) mass is 206 g/mol. The predicted molar refractivity (Wildman–Crippen MR) is 60.3 cm³/mol. The zero-order chi connectivity index (χ0) is 10.1. The fourth-order valence-corrected chi connectivity index (χ4v) is 1.70. The number of thioether (sulfide) groups is 1. The second kappa shape index (κ2) is 8.81. The molecule has 0 saturated carbocycles. The van der Waals surface area contributed by atoms with Crippen LogP contribution in [0.3, 0.4) is 0 Å². The molecule has 0 aromatic rings. The van der Waals surface area contributed by atoms with Crippen molar-refractivity contribution in [3.05, 3.63) is 0 Å². The highest BCUT2D eigenvalue weighted by atomic mass is 32.2. The van der Waals surface area contributed by atoms with Gasteiger partial charge in [0.1, 0.15) is 0 Å². The first-order chi connectivity index (χ1) is 6.26. The van der Waals surface area contributed by atoms with Gasteiger partial charge in [-0.2, -0.15) is 11.8 Å². The zero-order valence-electron chi connectivity index (χ0n) is 8.95. The second-order valence-corrected chi connectivity index (χ2v) is 4.13. The molecule has 4 heteroatoms. The van der Waals surface area contributed by atoms with E-state index in [-0.39, 0.29) is 0 Å². The topological polar surface area (TPSA) is 38.5 Å². The van der Waals surface area contributed by atoms with Gasteiger partial charge >= 0.3 is 0 Å². The summed E-state index contributed by atoms with van der Waals surface area (Å²) in [6.45, 7) is 2.49. The third kappa shape index (κ3) is 6.32. The van der Waals surface area contributed by atoms with Crippen LogP contribution in [0, 0.1) is 0 Å². The highest BCUT2D eigenvalue weighted by Gasteiger charge is 2.11. The molecule has 1 unspecified atom stereocenters. The standard InChI is InChI=1S/C9H22N2OS/c1-11(5-6-12-2)9(8-10)4-7-13-3/h9H,4-8,10H2,1-3H3. The maximum Gasteiger partial charge on any atom is 0.0589 e. The smallest absolute Gasteiger partial charge is 0.0589 e. The number of methoxy groups -OCH3 is 1. The van der Waals surface area contributed by atoms with Crippen molar-refractivity contribution in [1.29, 1.82) is 0 Å².